The molecule has 0 fully saturated rings. The van der Waals surface area contributed by atoms with E-state index in [2.05, 4.69) is 0 Å². The smallest absolute Gasteiger partial charge is 0.332 e. The summed E-state index contributed by atoms with van der Waals surface area (Å²) in [5, 5.41) is 8.69. The number of hydrogen-bond donors (Lipinski definition) is 1. The van der Waals surface area contributed by atoms with E-state index >= 15 is 0 Å². The zero-order valence-electron chi connectivity index (χ0n) is 34.5. The van der Waals surface area contributed by atoms with Crippen molar-refractivity contribution in [1.29, 1.82) is 0 Å². The number of nitrogens with zero attached hydrogens (tertiary/aromatic N) is 2. The van der Waals surface area contributed by atoms with Crippen LogP contribution in [-0.4, -0.2) is 93.2 Å². The van der Waals surface area contributed by atoms with Gasteiger partial charge in [0.15, 0.2) is 0 Å². The second-order valence-corrected chi connectivity index (χ2v) is 17.7. The molecule has 316 valence electrons. The highest BCUT2D eigenvalue weighted by Gasteiger charge is 2.30. The zero-order chi connectivity index (χ0) is 43.3. The van der Waals surface area contributed by atoms with Crippen LogP contribution in [0.25, 0.3) is 0 Å². The molecule has 0 bridgehead atoms. The Balaban J connectivity index is 0.000000313. The number of carboxylic acids is 1. The third-order valence-corrected chi connectivity index (χ3v) is 12.5. The molecule has 0 saturated carbocycles. The van der Waals surface area contributed by atoms with Gasteiger partial charge in [-0.1, -0.05) is 36.4 Å². The van der Waals surface area contributed by atoms with E-state index in [1.54, 1.807) is 134 Å². The molecular weight excluding hydrogens is 789 g/mol. The van der Waals surface area contributed by atoms with Gasteiger partial charge in [-0.25, -0.2) is 26.4 Å². The first kappa shape index (κ1) is 47.2. The van der Waals surface area contributed by atoms with Crippen LogP contribution < -0.4 is 18.1 Å². The lowest BCUT2D eigenvalue weighted by molar-refractivity contribution is -0.160. The summed E-state index contributed by atoms with van der Waals surface area (Å²) in [6, 6.07) is 24.2. The van der Waals surface area contributed by atoms with Crippen LogP contribution in [0.4, 0.5) is 11.4 Å². The molecule has 0 aliphatic carbocycles. The summed E-state index contributed by atoms with van der Waals surface area (Å²) in [6.45, 7) is 11.5. The summed E-state index contributed by atoms with van der Waals surface area (Å²) in [7, 11) is -4.71. The SMILES string of the molecule is COc1cc(C)c(S(=O)(=O)N(CCOCC(=O)O)c2ccccc2)c(C)c1.COc1cc(C)c(S(=O)(=O)N(CCOCC(=O)OC(C)(C)C)c2ccccc2)c(C)c1. The third kappa shape index (κ3) is 13.2. The number of carbonyl (C=O) groups excluding carboxylic acids is 1. The van der Waals surface area contributed by atoms with Crippen molar-refractivity contribution in [2.75, 3.05) is 62.3 Å². The Bertz CT molecular complexity index is 2160. The Morgan fingerprint density at radius 2 is 0.948 bits per heavy atom. The average molecular weight is 843 g/mol. The minimum Gasteiger partial charge on any atom is -0.497 e. The van der Waals surface area contributed by atoms with Crippen LogP contribution in [0.1, 0.15) is 43.0 Å². The van der Waals surface area contributed by atoms with Crippen molar-refractivity contribution in [3.05, 3.63) is 107 Å². The highest BCUT2D eigenvalue weighted by Crippen LogP contribution is 2.32. The van der Waals surface area contributed by atoms with Gasteiger partial charge in [-0.2, -0.15) is 0 Å². The monoisotopic (exact) mass is 842 g/mol. The Labute approximate surface area is 342 Å². The molecule has 0 unspecified atom stereocenters. The van der Waals surface area contributed by atoms with Gasteiger partial charge in [0.25, 0.3) is 20.0 Å². The highest BCUT2D eigenvalue weighted by molar-refractivity contribution is 7.93. The number of hydrogen-bond acceptors (Lipinski definition) is 11. The Morgan fingerprint density at radius 3 is 1.26 bits per heavy atom. The summed E-state index contributed by atoms with van der Waals surface area (Å²) >= 11 is 0. The molecule has 0 aliphatic heterocycles. The van der Waals surface area contributed by atoms with Gasteiger partial charge < -0.3 is 28.8 Å². The van der Waals surface area contributed by atoms with Crippen molar-refractivity contribution < 1.29 is 55.2 Å². The second kappa shape index (κ2) is 21.0. The quantitative estimate of drug-likeness (QED) is 0.0855. The standard InChI is InChI=1S/C23H31NO6S.C19H23NO6S/c1-17-14-20(28-6)15-18(2)22(17)31(26,27)24(19-10-8-7-9-11-19)12-13-29-16-21(25)30-23(3,4)5;1-14-11-17(25-3)12-15(2)19(14)27(23,24)20(9-10-26-13-18(21)22)16-7-5-4-6-8-16/h7-11,14-15H,12-13,16H2,1-6H3;4-8,11-12H,9-10,13H2,1-3H3,(H,21,22). The van der Waals surface area contributed by atoms with Gasteiger partial charge in [0.1, 0.15) is 30.3 Å². The van der Waals surface area contributed by atoms with Crippen LogP contribution in [-0.2, 0) is 43.8 Å². The minimum atomic E-state index is -3.89. The lowest BCUT2D eigenvalue weighted by Crippen LogP contribution is -2.35. The van der Waals surface area contributed by atoms with Gasteiger partial charge in [0.2, 0.25) is 0 Å². The summed E-state index contributed by atoms with van der Waals surface area (Å²) in [5.74, 6) is -0.421. The van der Waals surface area contributed by atoms with Crippen LogP contribution in [0, 0.1) is 27.7 Å². The number of methoxy groups -OCH3 is 2. The lowest BCUT2D eigenvalue weighted by Gasteiger charge is -2.26. The van der Waals surface area contributed by atoms with Crippen LogP contribution >= 0.6 is 0 Å². The first-order valence-corrected chi connectivity index (χ1v) is 21.2. The van der Waals surface area contributed by atoms with Crippen LogP contribution in [0.15, 0.2) is 94.7 Å². The van der Waals surface area contributed by atoms with Gasteiger partial charge >= 0.3 is 11.9 Å². The molecule has 0 aromatic heterocycles. The first-order chi connectivity index (χ1) is 27.2. The van der Waals surface area contributed by atoms with Gasteiger partial charge in [-0.15, -0.1) is 0 Å². The van der Waals surface area contributed by atoms with E-state index in [9.17, 15) is 26.4 Å². The average Bonchev–Trinajstić information content (AvgIpc) is 3.13. The molecule has 4 rings (SSSR count). The molecule has 58 heavy (non-hydrogen) atoms. The van der Waals surface area contributed by atoms with E-state index in [4.69, 9.17) is 28.8 Å². The molecule has 1 N–H and O–H groups in total. The normalized spacial score (nSPS) is 11.5. The van der Waals surface area contributed by atoms with Gasteiger partial charge in [-0.3, -0.25) is 8.61 Å². The Hall–Kier alpha value is -5.16. The number of sulfonamides is 2. The zero-order valence-corrected chi connectivity index (χ0v) is 36.1. The summed E-state index contributed by atoms with van der Waals surface area (Å²) in [5.41, 5.74) is 2.70. The Morgan fingerprint density at radius 1 is 0.603 bits per heavy atom. The van der Waals surface area contributed by atoms with E-state index in [0.29, 0.717) is 45.1 Å². The maximum Gasteiger partial charge on any atom is 0.332 e. The molecular formula is C42H54N2O12S2. The fourth-order valence-electron chi connectivity index (χ4n) is 6.04. The number of carbonyl (C=O) groups is 2. The maximum atomic E-state index is 13.6. The van der Waals surface area contributed by atoms with Crippen molar-refractivity contribution in [1.82, 2.24) is 0 Å². The number of aryl methyl sites for hydroxylation is 4. The van der Waals surface area contributed by atoms with Crippen molar-refractivity contribution in [3.8, 4) is 11.5 Å². The molecule has 4 aromatic rings. The molecule has 14 nitrogen and oxygen atoms in total. The number of rotatable bonds is 18. The summed E-state index contributed by atoms with van der Waals surface area (Å²) < 4.78 is 82.8. The molecule has 0 heterocycles. The van der Waals surface area contributed by atoms with Crippen molar-refractivity contribution in [3.63, 3.8) is 0 Å². The van der Waals surface area contributed by atoms with Crippen LogP contribution in [0.5, 0.6) is 11.5 Å². The number of para-hydroxylation sites is 2. The van der Waals surface area contributed by atoms with E-state index in [1.807, 2.05) is 6.07 Å². The van der Waals surface area contributed by atoms with Crippen molar-refractivity contribution in [2.24, 2.45) is 0 Å². The van der Waals surface area contributed by atoms with E-state index in [1.165, 1.54) is 15.7 Å². The molecule has 4 aromatic carbocycles. The van der Waals surface area contributed by atoms with E-state index < -0.39 is 44.2 Å². The largest absolute Gasteiger partial charge is 0.497 e. The van der Waals surface area contributed by atoms with Gasteiger partial charge in [0, 0.05) is 0 Å². The predicted molar refractivity (Wildman–Crippen MR) is 222 cm³/mol. The van der Waals surface area contributed by atoms with Crippen LogP contribution in [0.3, 0.4) is 0 Å². The molecule has 0 aliphatic rings. The number of carboxylic acid groups (broad SMARTS) is 1. The number of esters is 1. The number of anilines is 2. The topological polar surface area (TPSA) is 175 Å². The first-order valence-electron chi connectivity index (χ1n) is 18.3. The lowest BCUT2D eigenvalue weighted by atomic mass is 10.1. The van der Waals surface area contributed by atoms with E-state index in [-0.39, 0.29) is 42.7 Å². The molecule has 0 saturated heterocycles. The van der Waals surface area contributed by atoms with Crippen molar-refractivity contribution >= 4 is 43.4 Å². The number of benzene rings is 4. The van der Waals surface area contributed by atoms with Crippen LogP contribution in [0.2, 0.25) is 0 Å². The summed E-state index contributed by atoms with van der Waals surface area (Å²) in [4.78, 5) is 22.9. The predicted octanol–water partition coefficient (Wildman–Crippen LogP) is 6.47. The third-order valence-electron chi connectivity index (χ3n) is 8.27. The minimum absolute atomic E-state index is 0.00939. The second-order valence-electron chi connectivity index (χ2n) is 14.1. The fraction of sp³-hybridized carbons (Fsp3) is 0.381. The Kier molecular flexibility index (Phi) is 17.1. The van der Waals surface area contributed by atoms with Gasteiger partial charge in [0.05, 0.1) is 61.7 Å². The maximum absolute atomic E-state index is 13.6. The molecule has 0 atom stereocenters. The molecule has 0 radical (unpaired) electrons. The summed E-state index contributed by atoms with van der Waals surface area (Å²) in [6.07, 6.45) is 0. The van der Waals surface area contributed by atoms with Crippen molar-refractivity contribution in [2.45, 2.75) is 63.9 Å². The van der Waals surface area contributed by atoms with Gasteiger partial charge in [-0.05, 0) is 119 Å². The highest BCUT2D eigenvalue weighted by atomic mass is 32.2. The van der Waals surface area contributed by atoms with E-state index in [0.717, 1.165) is 0 Å². The fourth-order valence-corrected chi connectivity index (χ4v) is 9.77. The molecule has 16 heteroatoms. The molecule has 0 amide bonds. The number of ether oxygens (including phenoxy) is 5. The molecule has 0 spiro atoms. The number of aliphatic carboxylic acids is 1.